The molecule has 0 radical (unpaired) electrons. The molecule has 1 saturated carbocycles. The molecule has 1 N–H and O–H groups in total. The van der Waals surface area contributed by atoms with Crippen molar-refractivity contribution in [1.82, 2.24) is 0 Å². The number of fused-ring (bicyclic) bond motifs is 1. The molecule has 2 amide bonds. The summed E-state index contributed by atoms with van der Waals surface area (Å²) in [5.41, 5.74) is 1.72. The van der Waals surface area contributed by atoms with Crippen LogP contribution in [0.25, 0.3) is 0 Å². The summed E-state index contributed by atoms with van der Waals surface area (Å²) >= 11 is 0. The average Bonchev–Trinajstić information content (AvgIpc) is 2.96. The Hall–Kier alpha value is -2.17. The van der Waals surface area contributed by atoms with Crippen molar-refractivity contribution in [2.45, 2.75) is 33.1 Å². The number of carboxylic acids is 1. The topological polar surface area (TPSA) is 74.7 Å². The van der Waals surface area contributed by atoms with E-state index >= 15 is 0 Å². The zero-order chi connectivity index (χ0) is 15.3. The number of carbonyl (C=O) groups excluding carboxylic acids is 2. The van der Waals surface area contributed by atoms with Crippen LogP contribution in [0, 0.1) is 25.7 Å². The zero-order valence-electron chi connectivity index (χ0n) is 12.0. The first-order valence-electron chi connectivity index (χ1n) is 7.14. The molecule has 3 rings (SSSR count). The summed E-state index contributed by atoms with van der Waals surface area (Å²) in [4.78, 5) is 37.7. The molecule has 1 aliphatic heterocycles. The van der Waals surface area contributed by atoms with E-state index in [0.717, 1.165) is 29.7 Å². The third-order valence-corrected chi connectivity index (χ3v) is 4.49. The number of amides is 2. The number of carboxylic acid groups (broad SMARTS) is 1. The highest BCUT2D eigenvalue weighted by atomic mass is 16.4. The Labute approximate surface area is 122 Å². The number of benzene rings is 1. The Morgan fingerprint density at radius 1 is 1.14 bits per heavy atom. The number of aryl methyl sites for hydroxylation is 2. The van der Waals surface area contributed by atoms with Gasteiger partial charge in [0.1, 0.15) is 0 Å². The molecule has 2 aliphatic rings. The van der Waals surface area contributed by atoms with E-state index in [1.165, 1.54) is 6.07 Å². The summed E-state index contributed by atoms with van der Waals surface area (Å²) in [5, 5.41) is 9.40. The van der Waals surface area contributed by atoms with E-state index in [4.69, 9.17) is 0 Å². The lowest BCUT2D eigenvalue weighted by Gasteiger charge is -2.21. The summed E-state index contributed by atoms with van der Waals surface area (Å²) in [5.74, 6) is -2.12. The van der Waals surface area contributed by atoms with Crippen LogP contribution in [-0.4, -0.2) is 22.9 Å². The molecule has 2 fully saturated rings. The van der Waals surface area contributed by atoms with Gasteiger partial charge in [0.15, 0.2) is 0 Å². The Morgan fingerprint density at radius 3 is 2.24 bits per heavy atom. The van der Waals surface area contributed by atoms with Crippen molar-refractivity contribution in [3.8, 4) is 0 Å². The van der Waals surface area contributed by atoms with E-state index in [9.17, 15) is 19.5 Å². The second-order valence-corrected chi connectivity index (χ2v) is 5.94. The van der Waals surface area contributed by atoms with Gasteiger partial charge >= 0.3 is 5.97 Å². The smallest absolute Gasteiger partial charge is 0.337 e. The summed E-state index contributed by atoms with van der Waals surface area (Å²) in [6, 6.07) is 3.32. The average molecular weight is 287 g/mol. The predicted octanol–water partition coefficient (Wildman–Crippen LogP) is 2.29. The first kappa shape index (κ1) is 13.8. The largest absolute Gasteiger partial charge is 0.478 e. The van der Waals surface area contributed by atoms with E-state index in [-0.39, 0.29) is 34.9 Å². The maximum atomic E-state index is 12.5. The van der Waals surface area contributed by atoms with Crippen LogP contribution in [0.2, 0.25) is 0 Å². The first-order valence-corrected chi connectivity index (χ1v) is 7.14. The number of hydrogen-bond donors (Lipinski definition) is 1. The van der Waals surface area contributed by atoms with Gasteiger partial charge in [-0.3, -0.25) is 9.59 Å². The number of carbonyl (C=O) groups is 3. The van der Waals surface area contributed by atoms with Gasteiger partial charge in [-0.25, -0.2) is 9.69 Å². The van der Waals surface area contributed by atoms with E-state index in [1.807, 2.05) is 0 Å². The van der Waals surface area contributed by atoms with Crippen molar-refractivity contribution in [3.05, 3.63) is 28.8 Å². The molecule has 1 aromatic carbocycles. The SMILES string of the molecule is Cc1cc(C)c(N2C(=O)C3CCCC3C2=O)c(C(=O)O)c1. The van der Waals surface area contributed by atoms with Gasteiger partial charge < -0.3 is 5.11 Å². The fourth-order valence-electron chi connectivity index (χ4n) is 3.63. The molecule has 1 aromatic rings. The van der Waals surface area contributed by atoms with Crippen molar-refractivity contribution in [2.75, 3.05) is 4.90 Å². The molecule has 0 aromatic heterocycles. The maximum Gasteiger partial charge on any atom is 0.337 e. The second-order valence-electron chi connectivity index (χ2n) is 5.94. The molecular formula is C16H17NO4. The maximum absolute atomic E-state index is 12.5. The fraction of sp³-hybridized carbons (Fsp3) is 0.438. The van der Waals surface area contributed by atoms with Crippen molar-refractivity contribution >= 4 is 23.5 Å². The van der Waals surface area contributed by atoms with Crippen molar-refractivity contribution in [3.63, 3.8) is 0 Å². The minimum Gasteiger partial charge on any atom is -0.478 e. The standard InChI is InChI=1S/C16H17NO4/c1-8-6-9(2)13(12(7-8)16(20)21)17-14(18)10-4-3-5-11(10)15(17)19/h6-7,10-11H,3-5H2,1-2H3,(H,20,21). The molecule has 2 unspecified atom stereocenters. The van der Waals surface area contributed by atoms with Crippen LogP contribution >= 0.6 is 0 Å². The highest BCUT2D eigenvalue weighted by Crippen LogP contribution is 2.43. The first-order chi connectivity index (χ1) is 9.91. The monoisotopic (exact) mass is 287 g/mol. The molecule has 0 spiro atoms. The number of rotatable bonds is 2. The second kappa shape index (κ2) is 4.69. The normalized spacial score (nSPS) is 24.6. The van der Waals surface area contributed by atoms with Crippen LogP contribution in [-0.2, 0) is 9.59 Å². The van der Waals surface area contributed by atoms with Gasteiger partial charge in [-0.05, 0) is 43.9 Å². The van der Waals surface area contributed by atoms with Crippen LogP contribution < -0.4 is 4.90 Å². The summed E-state index contributed by atoms with van der Waals surface area (Å²) in [7, 11) is 0. The fourth-order valence-corrected chi connectivity index (χ4v) is 3.63. The summed E-state index contributed by atoms with van der Waals surface area (Å²) in [6.07, 6.45) is 2.33. The predicted molar refractivity (Wildman–Crippen MR) is 76.2 cm³/mol. The Kier molecular flexibility index (Phi) is 3.08. The quantitative estimate of drug-likeness (QED) is 0.847. The summed E-state index contributed by atoms with van der Waals surface area (Å²) in [6.45, 7) is 3.54. The van der Waals surface area contributed by atoms with Crippen LogP contribution in [0.15, 0.2) is 12.1 Å². The summed E-state index contributed by atoms with van der Waals surface area (Å²) < 4.78 is 0. The Balaban J connectivity index is 2.15. The van der Waals surface area contributed by atoms with E-state index in [2.05, 4.69) is 0 Å². The minimum absolute atomic E-state index is 0.0224. The van der Waals surface area contributed by atoms with E-state index < -0.39 is 5.97 Å². The van der Waals surface area contributed by atoms with Gasteiger partial charge in [0, 0.05) is 0 Å². The lowest BCUT2D eigenvalue weighted by molar-refractivity contribution is -0.122. The number of aromatic carboxylic acids is 1. The van der Waals surface area contributed by atoms with Crippen LogP contribution in [0.3, 0.4) is 0 Å². The van der Waals surface area contributed by atoms with Crippen LogP contribution in [0.4, 0.5) is 5.69 Å². The lowest BCUT2D eigenvalue weighted by atomic mass is 10.00. The molecule has 1 heterocycles. The van der Waals surface area contributed by atoms with E-state index in [0.29, 0.717) is 5.56 Å². The van der Waals surface area contributed by atoms with E-state index in [1.54, 1.807) is 19.9 Å². The highest BCUT2D eigenvalue weighted by molar-refractivity contribution is 6.24. The Morgan fingerprint density at radius 2 is 1.71 bits per heavy atom. The van der Waals surface area contributed by atoms with Gasteiger partial charge in [0.05, 0.1) is 23.1 Å². The molecule has 2 atom stereocenters. The zero-order valence-corrected chi connectivity index (χ0v) is 12.0. The van der Waals surface area contributed by atoms with Crippen molar-refractivity contribution < 1.29 is 19.5 Å². The molecule has 21 heavy (non-hydrogen) atoms. The molecule has 0 bridgehead atoms. The van der Waals surface area contributed by atoms with Crippen LogP contribution in [0.1, 0.15) is 40.7 Å². The molecule has 1 aliphatic carbocycles. The molecule has 1 saturated heterocycles. The third kappa shape index (κ3) is 1.95. The highest BCUT2D eigenvalue weighted by Gasteiger charge is 2.51. The number of anilines is 1. The molecule has 110 valence electrons. The number of nitrogens with zero attached hydrogens (tertiary/aromatic N) is 1. The minimum atomic E-state index is -1.12. The van der Waals surface area contributed by atoms with Gasteiger partial charge in [-0.1, -0.05) is 12.5 Å². The number of hydrogen-bond acceptors (Lipinski definition) is 3. The molecule has 5 heteroatoms. The van der Waals surface area contributed by atoms with Gasteiger partial charge in [0.2, 0.25) is 11.8 Å². The third-order valence-electron chi connectivity index (χ3n) is 4.49. The van der Waals surface area contributed by atoms with Crippen LogP contribution in [0.5, 0.6) is 0 Å². The van der Waals surface area contributed by atoms with Gasteiger partial charge in [0.25, 0.3) is 0 Å². The Bertz CT molecular complexity index is 642. The number of imide groups is 1. The molecule has 5 nitrogen and oxygen atoms in total. The van der Waals surface area contributed by atoms with Crippen molar-refractivity contribution in [1.29, 1.82) is 0 Å². The van der Waals surface area contributed by atoms with Gasteiger partial charge in [-0.2, -0.15) is 0 Å². The lowest BCUT2D eigenvalue weighted by Crippen LogP contribution is -2.33. The van der Waals surface area contributed by atoms with Crippen molar-refractivity contribution in [2.24, 2.45) is 11.8 Å². The van der Waals surface area contributed by atoms with Gasteiger partial charge in [-0.15, -0.1) is 0 Å². The molecular weight excluding hydrogens is 270 g/mol.